The molecule has 1 aromatic carbocycles. The lowest BCUT2D eigenvalue weighted by atomic mass is 9.82. The standard InChI is InChI=1S/C18H27NO4/c1-5-6-7-13(18(20)21)17-14-11-16(23-4)15(22-3)10-12(14)8-9-19(17)2/h10-11,13,17H,5-9H2,1-4H3,(H,20,21). The van der Waals surface area contributed by atoms with Crippen molar-refractivity contribution in [1.82, 2.24) is 4.90 Å². The van der Waals surface area contributed by atoms with Crippen LogP contribution in [-0.2, 0) is 11.2 Å². The number of likely N-dealkylation sites (N-methyl/N-ethyl adjacent to an activating group) is 1. The molecule has 1 N–H and O–H groups in total. The highest BCUT2D eigenvalue weighted by Crippen LogP contribution is 2.41. The van der Waals surface area contributed by atoms with Crippen molar-refractivity contribution in [3.63, 3.8) is 0 Å². The van der Waals surface area contributed by atoms with E-state index in [2.05, 4.69) is 11.8 Å². The van der Waals surface area contributed by atoms with Crippen molar-refractivity contribution in [3.8, 4) is 11.5 Å². The molecule has 0 spiro atoms. The highest BCUT2D eigenvalue weighted by atomic mass is 16.5. The Hall–Kier alpha value is -1.75. The molecular formula is C18H27NO4. The number of carboxylic acid groups (broad SMARTS) is 1. The fraction of sp³-hybridized carbons (Fsp3) is 0.611. The number of fused-ring (bicyclic) bond motifs is 1. The fourth-order valence-electron chi connectivity index (χ4n) is 3.47. The van der Waals surface area contributed by atoms with E-state index in [4.69, 9.17) is 9.47 Å². The summed E-state index contributed by atoms with van der Waals surface area (Å²) in [6.45, 7) is 2.94. The SMILES string of the molecule is CCCCC(C(=O)O)C1c2cc(OC)c(OC)cc2CCN1C. The minimum absolute atomic E-state index is 0.123. The first-order valence-electron chi connectivity index (χ1n) is 8.21. The van der Waals surface area contributed by atoms with Crippen LogP contribution in [0, 0.1) is 5.92 Å². The zero-order valence-corrected chi connectivity index (χ0v) is 14.5. The molecule has 0 aliphatic carbocycles. The summed E-state index contributed by atoms with van der Waals surface area (Å²) < 4.78 is 10.8. The second kappa shape index (κ2) is 7.68. The third kappa shape index (κ3) is 3.61. The minimum Gasteiger partial charge on any atom is -0.493 e. The zero-order valence-electron chi connectivity index (χ0n) is 14.5. The van der Waals surface area contributed by atoms with Crippen LogP contribution in [0.25, 0.3) is 0 Å². The van der Waals surface area contributed by atoms with Gasteiger partial charge in [0.05, 0.1) is 20.1 Å². The summed E-state index contributed by atoms with van der Waals surface area (Å²) in [4.78, 5) is 14.0. The predicted molar refractivity (Wildman–Crippen MR) is 89.3 cm³/mol. The Balaban J connectivity index is 2.46. The summed E-state index contributed by atoms with van der Waals surface area (Å²) in [5.74, 6) is 0.233. The van der Waals surface area contributed by atoms with Crippen molar-refractivity contribution < 1.29 is 19.4 Å². The van der Waals surface area contributed by atoms with Gasteiger partial charge in [-0.1, -0.05) is 19.8 Å². The molecule has 0 amide bonds. The van der Waals surface area contributed by atoms with E-state index in [0.29, 0.717) is 17.9 Å². The van der Waals surface area contributed by atoms with Gasteiger partial charge < -0.3 is 14.6 Å². The number of hydrogen-bond donors (Lipinski definition) is 1. The van der Waals surface area contributed by atoms with Crippen molar-refractivity contribution in [3.05, 3.63) is 23.3 Å². The van der Waals surface area contributed by atoms with E-state index in [1.165, 1.54) is 0 Å². The van der Waals surface area contributed by atoms with Crippen LogP contribution in [0.2, 0.25) is 0 Å². The molecule has 1 aromatic rings. The highest BCUT2D eigenvalue weighted by molar-refractivity contribution is 5.71. The molecule has 0 aromatic heterocycles. The molecule has 0 saturated heterocycles. The van der Waals surface area contributed by atoms with Gasteiger partial charge in [0.1, 0.15) is 0 Å². The number of benzene rings is 1. The van der Waals surface area contributed by atoms with E-state index >= 15 is 0 Å². The predicted octanol–water partition coefficient (Wildman–Crippen LogP) is 3.12. The Labute approximate surface area is 138 Å². The Morgan fingerprint density at radius 3 is 2.57 bits per heavy atom. The monoisotopic (exact) mass is 321 g/mol. The number of aliphatic carboxylic acids is 1. The molecule has 0 bridgehead atoms. The quantitative estimate of drug-likeness (QED) is 0.836. The molecule has 23 heavy (non-hydrogen) atoms. The van der Waals surface area contributed by atoms with Gasteiger partial charge in [0, 0.05) is 12.6 Å². The number of unbranched alkanes of at least 4 members (excludes halogenated alkanes) is 1. The first kappa shape index (κ1) is 17.6. The Kier molecular flexibility index (Phi) is 5.88. The molecule has 5 nitrogen and oxygen atoms in total. The first-order chi connectivity index (χ1) is 11.0. The van der Waals surface area contributed by atoms with E-state index < -0.39 is 11.9 Å². The van der Waals surface area contributed by atoms with Crippen LogP contribution in [-0.4, -0.2) is 43.8 Å². The second-order valence-corrected chi connectivity index (χ2v) is 6.17. The largest absolute Gasteiger partial charge is 0.493 e. The molecule has 1 aliphatic heterocycles. The number of methoxy groups -OCH3 is 2. The molecule has 2 atom stereocenters. The maximum Gasteiger partial charge on any atom is 0.308 e. The first-order valence-corrected chi connectivity index (χ1v) is 8.21. The minimum atomic E-state index is -0.724. The normalized spacial score (nSPS) is 19.0. The highest BCUT2D eigenvalue weighted by Gasteiger charge is 2.36. The molecule has 0 saturated carbocycles. The van der Waals surface area contributed by atoms with Gasteiger partial charge in [-0.2, -0.15) is 0 Å². The average molecular weight is 321 g/mol. The van der Waals surface area contributed by atoms with E-state index in [-0.39, 0.29) is 6.04 Å². The molecule has 1 aliphatic rings. The summed E-state index contributed by atoms with van der Waals surface area (Å²) in [5, 5.41) is 9.74. The fourth-order valence-corrected chi connectivity index (χ4v) is 3.47. The number of carbonyl (C=O) groups is 1. The van der Waals surface area contributed by atoms with E-state index in [9.17, 15) is 9.90 Å². The van der Waals surface area contributed by atoms with Crippen LogP contribution in [0.4, 0.5) is 0 Å². The van der Waals surface area contributed by atoms with Gasteiger partial charge in [0.2, 0.25) is 0 Å². The lowest BCUT2D eigenvalue weighted by Crippen LogP contribution is -2.39. The number of rotatable bonds is 7. The third-order valence-corrected chi connectivity index (χ3v) is 4.74. The van der Waals surface area contributed by atoms with Gasteiger partial charge in [0.25, 0.3) is 0 Å². The maximum atomic E-state index is 11.9. The van der Waals surface area contributed by atoms with Crippen molar-refractivity contribution in [2.45, 2.75) is 38.6 Å². The molecule has 128 valence electrons. The van der Waals surface area contributed by atoms with Crippen LogP contribution in [0.1, 0.15) is 43.4 Å². The molecule has 1 heterocycles. The van der Waals surface area contributed by atoms with Crippen LogP contribution < -0.4 is 9.47 Å². The lowest BCUT2D eigenvalue weighted by molar-refractivity contribution is -0.144. The zero-order chi connectivity index (χ0) is 17.0. The number of nitrogens with zero attached hydrogens (tertiary/aromatic N) is 1. The molecular weight excluding hydrogens is 294 g/mol. The summed E-state index contributed by atoms with van der Waals surface area (Å²) in [7, 11) is 5.24. The molecule has 2 unspecified atom stereocenters. The molecule has 0 fully saturated rings. The van der Waals surface area contributed by atoms with E-state index in [0.717, 1.165) is 36.9 Å². The average Bonchev–Trinajstić information content (AvgIpc) is 2.55. The smallest absolute Gasteiger partial charge is 0.308 e. The summed E-state index contributed by atoms with van der Waals surface area (Å²) >= 11 is 0. The van der Waals surface area contributed by atoms with Crippen LogP contribution in [0.15, 0.2) is 12.1 Å². The van der Waals surface area contributed by atoms with Gasteiger partial charge in [-0.15, -0.1) is 0 Å². The van der Waals surface area contributed by atoms with Gasteiger partial charge in [-0.3, -0.25) is 9.69 Å². The molecule has 0 radical (unpaired) electrons. The van der Waals surface area contributed by atoms with Crippen molar-refractivity contribution in [2.75, 3.05) is 27.8 Å². The number of ether oxygens (including phenoxy) is 2. The van der Waals surface area contributed by atoms with E-state index in [1.54, 1.807) is 14.2 Å². The summed E-state index contributed by atoms with van der Waals surface area (Å²) in [6, 6.07) is 3.83. The van der Waals surface area contributed by atoms with Gasteiger partial charge in [-0.05, 0) is 43.1 Å². The Morgan fingerprint density at radius 1 is 1.35 bits per heavy atom. The van der Waals surface area contributed by atoms with Crippen molar-refractivity contribution in [2.24, 2.45) is 5.92 Å². The topological polar surface area (TPSA) is 59.0 Å². The lowest BCUT2D eigenvalue weighted by Gasteiger charge is -2.38. The van der Waals surface area contributed by atoms with Crippen LogP contribution in [0.3, 0.4) is 0 Å². The van der Waals surface area contributed by atoms with Gasteiger partial charge >= 0.3 is 5.97 Å². The summed E-state index contributed by atoms with van der Waals surface area (Å²) in [6.07, 6.45) is 3.50. The second-order valence-electron chi connectivity index (χ2n) is 6.17. The third-order valence-electron chi connectivity index (χ3n) is 4.74. The van der Waals surface area contributed by atoms with Crippen LogP contribution >= 0.6 is 0 Å². The van der Waals surface area contributed by atoms with E-state index in [1.807, 2.05) is 19.2 Å². The van der Waals surface area contributed by atoms with Crippen molar-refractivity contribution >= 4 is 5.97 Å². The van der Waals surface area contributed by atoms with Gasteiger partial charge in [0.15, 0.2) is 11.5 Å². The van der Waals surface area contributed by atoms with Crippen LogP contribution in [0.5, 0.6) is 11.5 Å². The molecule has 5 heteroatoms. The summed E-state index contributed by atoms with van der Waals surface area (Å²) in [5.41, 5.74) is 2.22. The van der Waals surface area contributed by atoms with Crippen molar-refractivity contribution in [1.29, 1.82) is 0 Å². The Morgan fingerprint density at radius 2 is 2.00 bits per heavy atom. The van der Waals surface area contributed by atoms with Gasteiger partial charge in [-0.25, -0.2) is 0 Å². The number of carboxylic acids is 1. The maximum absolute atomic E-state index is 11.9. The number of hydrogen-bond acceptors (Lipinski definition) is 4. The Bertz CT molecular complexity index is 558. The molecule has 2 rings (SSSR count).